The molecule has 0 aromatic carbocycles. The Morgan fingerprint density at radius 3 is 2.24 bits per heavy atom. The van der Waals surface area contributed by atoms with Crippen LogP contribution in [0, 0.1) is 34.5 Å². The molecule has 5 amide bonds. The molecule has 4 aliphatic rings. The van der Waals surface area contributed by atoms with Gasteiger partial charge in [0.25, 0.3) is 5.91 Å². The van der Waals surface area contributed by atoms with Gasteiger partial charge in [-0.25, -0.2) is 9.59 Å². The average molecular weight is 644 g/mol. The quantitative estimate of drug-likeness (QED) is 0.121. The van der Waals surface area contributed by atoms with Crippen LogP contribution in [0.15, 0.2) is 12.7 Å². The van der Waals surface area contributed by atoms with Crippen LogP contribution >= 0.6 is 0 Å². The predicted molar refractivity (Wildman–Crippen MR) is 171 cm³/mol. The van der Waals surface area contributed by atoms with Gasteiger partial charge in [-0.3, -0.25) is 19.2 Å². The monoisotopic (exact) mass is 643 g/mol. The molecule has 12 heteroatoms. The van der Waals surface area contributed by atoms with Crippen LogP contribution < -0.4 is 21.3 Å². The number of rotatable bonds is 15. The molecule has 4 rings (SSSR count). The third kappa shape index (κ3) is 7.91. The smallest absolute Gasteiger partial charge is 0.328 e. The van der Waals surface area contributed by atoms with Crippen molar-refractivity contribution in [3.63, 3.8) is 0 Å². The van der Waals surface area contributed by atoms with Gasteiger partial charge in [-0.15, -0.1) is 6.58 Å². The molecule has 4 fully saturated rings. The minimum atomic E-state index is -1.04. The van der Waals surface area contributed by atoms with E-state index in [1.54, 1.807) is 0 Å². The standard InChI is InChI=1S/C34H53N5O7/c1-8-11-22(26(40)29(42)35-16-9-2)36-28(41)25-23-21(34(23,6)7)17-39(25)30(43)27(33(3,4)5)38-32(45)37-24(20-12-10-13-20)31(44)46-18-19-14-15-19/h9,19-25,27H,2,8,10-18H2,1,3-7H3,(H,35,42)(H,36,41)(H2,37,38,45)/t21-,22?,23-,24-,25-,27+/m0/s1. The first kappa shape index (κ1) is 35.4. The van der Waals surface area contributed by atoms with Gasteiger partial charge in [0, 0.05) is 13.1 Å². The summed E-state index contributed by atoms with van der Waals surface area (Å²) >= 11 is 0. The van der Waals surface area contributed by atoms with Gasteiger partial charge >= 0.3 is 12.0 Å². The molecular weight excluding hydrogens is 590 g/mol. The summed E-state index contributed by atoms with van der Waals surface area (Å²) in [6.07, 6.45) is 6.96. The van der Waals surface area contributed by atoms with Crippen LogP contribution in [0.25, 0.3) is 0 Å². The molecule has 3 aliphatic carbocycles. The lowest BCUT2D eigenvalue weighted by Gasteiger charge is -2.38. The van der Waals surface area contributed by atoms with E-state index >= 15 is 0 Å². The number of nitrogens with zero attached hydrogens (tertiary/aromatic N) is 1. The lowest BCUT2D eigenvalue weighted by molar-refractivity contribution is -0.148. The number of amides is 5. The Morgan fingerprint density at radius 2 is 1.70 bits per heavy atom. The molecular formula is C34H53N5O7. The zero-order valence-corrected chi connectivity index (χ0v) is 28.3. The lowest BCUT2D eigenvalue weighted by Crippen LogP contribution is -2.62. The van der Waals surface area contributed by atoms with Gasteiger partial charge in [0.05, 0.1) is 12.6 Å². The summed E-state index contributed by atoms with van der Waals surface area (Å²) in [4.78, 5) is 81.4. The molecule has 3 saturated carbocycles. The summed E-state index contributed by atoms with van der Waals surface area (Å²) in [5.41, 5.74) is -0.927. The fourth-order valence-corrected chi connectivity index (χ4v) is 6.88. The molecule has 0 spiro atoms. The molecule has 0 aromatic heterocycles. The highest BCUT2D eigenvalue weighted by Crippen LogP contribution is 2.65. The van der Waals surface area contributed by atoms with Crippen molar-refractivity contribution in [3.8, 4) is 0 Å². The van der Waals surface area contributed by atoms with Crippen molar-refractivity contribution in [2.24, 2.45) is 34.5 Å². The first-order chi connectivity index (χ1) is 21.6. The maximum Gasteiger partial charge on any atom is 0.328 e. The number of nitrogens with one attached hydrogen (secondary N) is 4. The number of esters is 1. The van der Waals surface area contributed by atoms with Crippen molar-refractivity contribution in [3.05, 3.63) is 12.7 Å². The Morgan fingerprint density at radius 1 is 1.02 bits per heavy atom. The Hall–Kier alpha value is -3.44. The van der Waals surface area contributed by atoms with Crippen LogP contribution in [0.5, 0.6) is 0 Å². The van der Waals surface area contributed by atoms with Crippen LogP contribution in [-0.4, -0.2) is 84.3 Å². The summed E-state index contributed by atoms with van der Waals surface area (Å²) in [6.45, 7) is 15.8. The van der Waals surface area contributed by atoms with Crippen molar-refractivity contribution in [1.82, 2.24) is 26.2 Å². The molecule has 1 saturated heterocycles. The predicted octanol–water partition coefficient (Wildman–Crippen LogP) is 2.46. The maximum absolute atomic E-state index is 14.3. The molecule has 12 nitrogen and oxygen atoms in total. The van der Waals surface area contributed by atoms with E-state index in [2.05, 4.69) is 41.7 Å². The number of likely N-dealkylation sites (tertiary alicyclic amines) is 1. The second-order valence-electron chi connectivity index (χ2n) is 15.3. The van der Waals surface area contributed by atoms with E-state index in [-0.39, 0.29) is 36.1 Å². The average Bonchev–Trinajstić information content (AvgIpc) is 3.82. The highest BCUT2D eigenvalue weighted by Gasteiger charge is 2.70. The molecule has 256 valence electrons. The zero-order valence-electron chi connectivity index (χ0n) is 28.3. The van der Waals surface area contributed by atoms with Crippen molar-refractivity contribution < 1.29 is 33.5 Å². The van der Waals surface area contributed by atoms with Gasteiger partial charge in [-0.05, 0) is 66.6 Å². The molecule has 0 bridgehead atoms. The first-order valence-corrected chi connectivity index (χ1v) is 16.9. The zero-order chi connectivity index (χ0) is 34.0. The maximum atomic E-state index is 14.3. The highest BCUT2D eigenvalue weighted by molar-refractivity contribution is 6.38. The Kier molecular flexibility index (Phi) is 10.9. The summed E-state index contributed by atoms with van der Waals surface area (Å²) in [5, 5.41) is 10.9. The first-order valence-electron chi connectivity index (χ1n) is 16.9. The molecule has 0 aromatic rings. The molecule has 0 radical (unpaired) electrons. The van der Waals surface area contributed by atoms with Crippen LogP contribution in [0.4, 0.5) is 4.79 Å². The van der Waals surface area contributed by atoms with Gasteiger partial charge in [0.15, 0.2) is 0 Å². The van der Waals surface area contributed by atoms with E-state index in [0.717, 1.165) is 32.1 Å². The number of fused-ring (bicyclic) bond motifs is 1. The largest absolute Gasteiger partial charge is 0.464 e. The van der Waals surface area contributed by atoms with Gasteiger partial charge in [0.2, 0.25) is 17.6 Å². The van der Waals surface area contributed by atoms with E-state index in [9.17, 15) is 28.8 Å². The van der Waals surface area contributed by atoms with Crippen LogP contribution in [0.1, 0.15) is 86.5 Å². The van der Waals surface area contributed by atoms with Crippen molar-refractivity contribution in [1.29, 1.82) is 0 Å². The van der Waals surface area contributed by atoms with Crippen molar-refractivity contribution in [2.75, 3.05) is 19.7 Å². The van der Waals surface area contributed by atoms with Crippen molar-refractivity contribution in [2.45, 2.75) is 111 Å². The summed E-state index contributed by atoms with van der Waals surface area (Å²) in [5.74, 6) is -2.58. The molecule has 1 unspecified atom stereocenters. The third-order valence-corrected chi connectivity index (χ3v) is 10.3. The Balaban J connectivity index is 1.48. The highest BCUT2D eigenvalue weighted by atomic mass is 16.5. The van der Waals surface area contributed by atoms with E-state index in [0.29, 0.717) is 25.5 Å². The van der Waals surface area contributed by atoms with E-state index in [1.165, 1.54) is 11.0 Å². The van der Waals surface area contributed by atoms with Crippen LogP contribution in [-0.2, 0) is 28.7 Å². The third-order valence-electron chi connectivity index (χ3n) is 10.3. The number of carbonyl (C=O) groups excluding carboxylic acids is 6. The fourth-order valence-electron chi connectivity index (χ4n) is 6.88. The number of Topliss-reactive ketones (excluding diaryl/α,β-unsaturated/α-hetero) is 1. The van der Waals surface area contributed by atoms with Crippen LogP contribution in [0.3, 0.4) is 0 Å². The van der Waals surface area contributed by atoms with Crippen LogP contribution in [0.2, 0.25) is 0 Å². The molecule has 1 heterocycles. The lowest BCUT2D eigenvalue weighted by atomic mass is 9.79. The fraction of sp³-hybridized carbons (Fsp3) is 0.765. The number of urea groups is 1. The number of carbonyl (C=O) groups is 6. The van der Waals surface area contributed by atoms with E-state index < -0.39 is 65.1 Å². The topological polar surface area (TPSA) is 163 Å². The van der Waals surface area contributed by atoms with Gasteiger partial charge in [-0.1, -0.05) is 60.5 Å². The normalized spacial score (nSPS) is 25.1. The number of ether oxygens (including phenoxy) is 1. The summed E-state index contributed by atoms with van der Waals surface area (Å²) in [7, 11) is 0. The Labute approximate surface area is 272 Å². The Bertz CT molecular complexity index is 1220. The number of hydrogen-bond donors (Lipinski definition) is 4. The summed E-state index contributed by atoms with van der Waals surface area (Å²) in [6, 6.07) is -4.35. The second-order valence-corrected chi connectivity index (χ2v) is 15.3. The number of ketones is 1. The van der Waals surface area contributed by atoms with Gasteiger partial charge in [0.1, 0.15) is 18.1 Å². The molecule has 46 heavy (non-hydrogen) atoms. The minimum absolute atomic E-state index is 0.0140. The van der Waals surface area contributed by atoms with E-state index in [1.807, 2.05) is 27.7 Å². The molecule has 4 N–H and O–H groups in total. The van der Waals surface area contributed by atoms with Crippen molar-refractivity contribution >= 4 is 35.5 Å². The number of piperidine rings is 1. The minimum Gasteiger partial charge on any atom is -0.464 e. The number of hydrogen-bond acceptors (Lipinski definition) is 7. The molecule has 6 atom stereocenters. The summed E-state index contributed by atoms with van der Waals surface area (Å²) < 4.78 is 5.51. The van der Waals surface area contributed by atoms with Gasteiger partial charge < -0.3 is 30.9 Å². The second kappa shape index (κ2) is 14.1. The molecule has 1 aliphatic heterocycles. The van der Waals surface area contributed by atoms with Gasteiger partial charge in [-0.2, -0.15) is 0 Å². The SMILES string of the molecule is C=CCNC(=O)C(=O)C(CCC)NC(=O)[C@@H]1[C@@H]2[C@H](CN1C(=O)[C@@H](NC(=O)N[C@H](C(=O)OCC1CC1)C1CCC1)C(C)(C)C)C2(C)C. The van der Waals surface area contributed by atoms with E-state index in [4.69, 9.17) is 4.74 Å².